The number of ketones is 1. The number of hydrogen-bond acceptors (Lipinski definition) is 5. The molecule has 0 aliphatic heterocycles. The van der Waals surface area contributed by atoms with E-state index in [1.165, 1.54) is 48.3 Å². The quantitative estimate of drug-likeness (QED) is 0.0847. The fraction of sp³-hybridized carbons (Fsp3) is 0.395. The number of aliphatic hydroxyl groups excluding tert-OH is 1. The molecule has 0 saturated carbocycles. The summed E-state index contributed by atoms with van der Waals surface area (Å²) < 4.78 is 8.99. The van der Waals surface area contributed by atoms with Crippen molar-refractivity contribution in [2.75, 3.05) is 0 Å². The Hall–Kier alpha value is -3.31. The number of furan rings is 1. The number of allylic oxidation sites excluding steroid dienone is 2. The van der Waals surface area contributed by atoms with Gasteiger partial charge in [-0.2, -0.15) is 0 Å². The van der Waals surface area contributed by atoms with E-state index in [0.29, 0.717) is 5.92 Å². The Balaban J connectivity index is 0.000000290. The second kappa shape index (κ2) is 16.6. The molecule has 6 rings (SSSR count). The molecule has 0 unspecified atom stereocenters. The standard InChI is InChI=1S/C30H26NOS.C13H24O2.Ir/c1-16(2)10-20-6-7-21-22-8-9-31-28(30(22)33-26(21)15-20)24-13-18(4)12-23-27-19(5)11-17(3)14-25(27)32-29(23)24;1-5-10(6-2)12(14)9-13(15)11(7-3)8-4;/h6-9,11-12,14-16H,10H2,1-5H3;9-11,14H,5-8H2,1-4H3;/q-1;;/b;12-9-;. The average Bonchev–Trinajstić information content (AvgIpc) is 3.59. The van der Waals surface area contributed by atoms with Gasteiger partial charge in [-0.25, -0.2) is 0 Å². The zero-order valence-electron chi connectivity index (χ0n) is 30.4. The van der Waals surface area contributed by atoms with E-state index in [9.17, 15) is 9.90 Å². The van der Waals surface area contributed by atoms with Crippen LogP contribution in [0, 0.1) is 44.6 Å². The molecule has 0 aliphatic carbocycles. The first kappa shape index (κ1) is 38.5. The number of aliphatic hydroxyl groups is 1. The third-order valence-electron chi connectivity index (χ3n) is 9.50. The molecule has 261 valence electrons. The number of nitrogens with zero attached hydrogens (tertiary/aromatic N) is 1. The normalized spacial score (nSPS) is 12.0. The second-order valence-electron chi connectivity index (χ2n) is 13.7. The number of pyridine rings is 1. The van der Waals surface area contributed by atoms with E-state index in [-0.39, 0.29) is 43.5 Å². The second-order valence-corrected chi connectivity index (χ2v) is 14.7. The van der Waals surface area contributed by atoms with Crippen LogP contribution in [0.25, 0.3) is 53.4 Å². The summed E-state index contributed by atoms with van der Waals surface area (Å²) in [4.78, 5) is 16.6. The fourth-order valence-electron chi connectivity index (χ4n) is 6.93. The number of carbonyl (C=O) groups excluding carboxylic acids is 1. The predicted molar refractivity (Wildman–Crippen MR) is 205 cm³/mol. The Morgan fingerprint density at radius 3 is 2.27 bits per heavy atom. The van der Waals surface area contributed by atoms with Gasteiger partial charge in [0.2, 0.25) is 0 Å². The van der Waals surface area contributed by atoms with Crippen LogP contribution in [0.2, 0.25) is 0 Å². The van der Waals surface area contributed by atoms with E-state index in [4.69, 9.17) is 9.40 Å². The van der Waals surface area contributed by atoms with E-state index in [1.807, 2.05) is 45.2 Å². The largest absolute Gasteiger partial charge is 0.512 e. The van der Waals surface area contributed by atoms with Crippen LogP contribution in [-0.2, 0) is 31.3 Å². The monoisotopic (exact) mass is 853 g/mol. The molecule has 0 fully saturated rings. The minimum absolute atomic E-state index is 0. The first-order valence-electron chi connectivity index (χ1n) is 17.6. The molecule has 0 spiro atoms. The Morgan fingerprint density at radius 2 is 1.61 bits per heavy atom. The number of carbonyl (C=O) groups is 1. The van der Waals surface area contributed by atoms with Gasteiger partial charge in [-0.15, -0.1) is 29.0 Å². The third-order valence-corrected chi connectivity index (χ3v) is 10.7. The fourth-order valence-corrected chi connectivity index (χ4v) is 8.19. The molecule has 1 radical (unpaired) electrons. The van der Waals surface area contributed by atoms with Gasteiger partial charge >= 0.3 is 0 Å². The summed E-state index contributed by atoms with van der Waals surface area (Å²) in [6.07, 6.45) is 7.93. The Morgan fingerprint density at radius 1 is 0.918 bits per heavy atom. The van der Waals surface area contributed by atoms with Gasteiger partial charge in [-0.3, -0.25) is 4.79 Å². The minimum Gasteiger partial charge on any atom is -0.512 e. The van der Waals surface area contributed by atoms with Crippen molar-refractivity contribution in [3.8, 4) is 11.3 Å². The van der Waals surface area contributed by atoms with Gasteiger partial charge in [0, 0.05) is 64.7 Å². The van der Waals surface area contributed by atoms with Gasteiger partial charge in [-0.05, 0) is 97.5 Å². The Labute approximate surface area is 309 Å². The van der Waals surface area contributed by atoms with Crippen molar-refractivity contribution >= 4 is 59.2 Å². The summed E-state index contributed by atoms with van der Waals surface area (Å²) >= 11 is 1.83. The molecule has 49 heavy (non-hydrogen) atoms. The number of rotatable bonds is 10. The van der Waals surface area contributed by atoms with Crippen LogP contribution >= 0.6 is 11.3 Å². The van der Waals surface area contributed by atoms with Gasteiger partial charge < -0.3 is 14.5 Å². The van der Waals surface area contributed by atoms with Crippen LogP contribution in [0.1, 0.15) is 89.5 Å². The van der Waals surface area contributed by atoms with Crippen LogP contribution in [0.4, 0.5) is 0 Å². The molecule has 0 saturated heterocycles. The van der Waals surface area contributed by atoms with Gasteiger partial charge in [0.05, 0.1) is 11.3 Å². The van der Waals surface area contributed by atoms with Crippen molar-refractivity contribution in [3.63, 3.8) is 0 Å². The van der Waals surface area contributed by atoms with E-state index in [2.05, 4.69) is 83.1 Å². The summed E-state index contributed by atoms with van der Waals surface area (Å²) in [5, 5.41) is 14.6. The summed E-state index contributed by atoms with van der Waals surface area (Å²) in [6.45, 7) is 19.0. The molecule has 4 nitrogen and oxygen atoms in total. The SMILES string of the molecule is CCC(CC)C(=O)/C=C(\O)C(CC)CC.Cc1[c-]c(-c2nccc3c2sc2cc(CC(C)C)ccc23)c2oc3cc(C)cc(C)c3c2c1.[Ir]. The number of hydrogen-bond donors (Lipinski definition) is 1. The third kappa shape index (κ3) is 8.19. The molecule has 3 aromatic heterocycles. The van der Waals surface area contributed by atoms with Gasteiger partial charge in [-0.1, -0.05) is 77.6 Å². The molecule has 1 N–H and O–H groups in total. The van der Waals surface area contributed by atoms with Crippen LogP contribution in [0.15, 0.2) is 64.9 Å². The van der Waals surface area contributed by atoms with Crippen LogP contribution in [0.5, 0.6) is 0 Å². The van der Waals surface area contributed by atoms with Crippen molar-refractivity contribution in [1.29, 1.82) is 0 Å². The van der Waals surface area contributed by atoms with Crippen molar-refractivity contribution in [2.24, 2.45) is 17.8 Å². The van der Waals surface area contributed by atoms with Gasteiger partial charge in [0.25, 0.3) is 0 Å². The summed E-state index contributed by atoms with van der Waals surface area (Å²) in [7, 11) is 0. The summed E-state index contributed by atoms with van der Waals surface area (Å²) in [5.74, 6) is 1.19. The predicted octanol–water partition coefficient (Wildman–Crippen LogP) is 12.8. The van der Waals surface area contributed by atoms with Crippen molar-refractivity contribution in [2.45, 2.75) is 94.4 Å². The maximum Gasteiger partial charge on any atom is 0.162 e. The first-order valence-corrected chi connectivity index (χ1v) is 18.4. The van der Waals surface area contributed by atoms with E-state index >= 15 is 0 Å². The van der Waals surface area contributed by atoms with Crippen LogP contribution < -0.4 is 0 Å². The molecule has 3 heterocycles. The van der Waals surface area contributed by atoms with E-state index in [0.717, 1.165) is 65.5 Å². The zero-order valence-corrected chi connectivity index (χ0v) is 33.6. The topological polar surface area (TPSA) is 63.3 Å². The Bertz CT molecular complexity index is 2110. The average molecular weight is 853 g/mol. The van der Waals surface area contributed by atoms with Gasteiger partial charge in [0.15, 0.2) is 5.78 Å². The summed E-state index contributed by atoms with van der Waals surface area (Å²) in [6, 6.07) is 19.2. The van der Waals surface area contributed by atoms with Crippen LogP contribution in [0.3, 0.4) is 0 Å². The maximum absolute atomic E-state index is 11.7. The number of fused-ring (bicyclic) bond motifs is 6. The number of aromatic nitrogens is 1. The van der Waals surface area contributed by atoms with E-state index < -0.39 is 0 Å². The zero-order chi connectivity index (χ0) is 34.7. The molecular formula is C43H50IrNO3S-. The number of benzene rings is 3. The molecule has 3 aromatic carbocycles. The van der Waals surface area contributed by atoms with Crippen molar-refractivity contribution in [1.82, 2.24) is 4.98 Å². The Kier molecular flexibility index (Phi) is 13.0. The molecule has 6 aromatic rings. The molecule has 0 bridgehead atoms. The molecule has 0 amide bonds. The molecule has 0 aliphatic rings. The number of thiophene rings is 1. The smallest absolute Gasteiger partial charge is 0.162 e. The first-order chi connectivity index (χ1) is 23.0. The van der Waals surface area contributed by atoms with Crippen LogP contribution in [-0.4, -0.2) is 15.9 Å². The molecule has 0 atom stereocenters. The molecule has 6 heteroatoms. The van der Waals surface area contributed by atoms with Crippen molar-refractivity contribution < 1.29 is 34.4 Å². The summed E-state index contributed by atoms with van der Waals surface area (Å²) in [5.41, 5.74) is 8.67. The maximum atomic E-state index is 11.7. The van der Waals surface area contributed by atoms with Crippen molar-refractivity contribution in [3.05, 3.63) is 88.8 Å². The van der Waals surface area contributed by atoms with E-state index in [1.54, 1.807) is 0 Å². The number of aryl methyl sites for hydroxylation is 3. The van der Waals surface area contributed by atoms with Gasteiger partial charge in [0.1, 0.15) is 5.58 Å². The minimum atomic E-state index is 0. The molecular weight excluding hydrogens is 803 g/mol.